The standard InChI is InChI=1S/C19H26N2O3/c1-16-6-7-19(24-16)15-21-11-10-20(14-17(21)8-12-22)9-2-4-18-5-3-13-23-18/h2-7,13,17,22H,8-12,14-15H2,1H3/b4-2+/t17-/m1/s1. The molecule has 1 N–H and O–H groups in total. The molecule has 2 aromatic rings. The van der Waals surface area contributed by atoms with Crippen molar-refractivity contribution in [2.45, 2.75) is 25.9 Å². The van der Waals surface area contributed by atoms with Crippen LogP contribution in [0.3, 0.4) is 0 Å². The Morgan fingerprint density at radius 1 is 1.29 bits per heavy atom. The van der Waals surface area contributed by atoms with Crippen LogP contribution in [0.25, 0.3) is 6.08 Å². The number of rotatable bonds is 7. The van der Waals surface area contributed by atoms with Crippen molar-refractivity contribution in [3.63, 3.8) is 0 Å². The second-order valence-electron chi connectivity index (χ2n) is 6.33. The zero-order valence-corrected chi connectivity index (χ0v) is 14.2. The molecule has 0 bridgehead atoms. The molecule has 1 fully saturated rings. The number of aliphatic hydroxyl groups excluding tert-OH is 1. The van der Waals surface area contributed by atoms with E-state index in [1.807, 2.05) is 37.3 Å². The number of furan rings is 2. The molecule has 0 amide bonds. The minimum atomic E-state index is 0.217. The summed E-state index contributed by atoms with van der Waals surface area (Å²) in [5.41, 5.74) is 0. The fourth-order valence-corrected chi connectivity index (χ4v) is 3.23. The minimum Gasteiger partial charge on any atom is -0.465 e. The van der Waals surface area contributed by atoms with Gasteiger partial charge in [0.05, 0.1) is 12.8 Å². The molecule has 24 heavy (non-hydrogen) atoms. The summed E-state index contributed by atoms with van der Waals surface area (Å²) in [6, 6.07) is 8.25. The van der Waals surface area contributed by atoms with Crippen LogP contribution in [0.5, 0.6) is 0 Å². The average Bonchev–Trinajstić information content (AvgIpc) is 3.22. The van der Waals surface area contributed by atoms with Crippen molar-refractivity contribution in [1.82, 2.24) is 9.80 Å². The highest BCUT2D eigenvalue weighted by molar-refractivity contribution is 5.42. The zero-order chi connectivity index (χ0) is 16.8. The second kappa shape index (κ2) is 8.33. The molecule has 5 nitrogen and oxygen atoms in total. The van der Waals surface area contributed by atoms with Gasteiger partial charge in [-0.1, -0.05) is 6.08 Å². The summed E-state index contributed by atoms with van der Waals surface area (Å²) >= 11 is 0. The molecular formula is C19H26N2O3. The smallest absolute Gasteiger partial charge is 0.126 e. The lowest BCUT2D eigenvalue weighted by Crippen LogP contribution is -2.52. The van der Waals surface area contributed by atoms with Gasteiger partial charge in [-0.15, -0.1) is 0 Å². The monoisotopic (exact) mass is 330 g/mol. The largest absolute Gasteiger partial charge is 0.465 e. The Balaban J connectivity index is 1.54. The number of aryl methyl sites for hydroxylation is 1. The second-order valence-corrected chi connectivity index (χ2v) is 6.33. The summed E-state index contributed by atoms with van der Waals surface area (Å²) in [5.74, 6) is 2.83. The van der Waals surface area contributed by atoms with Crippen molar-refractivity contribution in [3.05, 3.63) is 53.9 Å². The Kier molecular flexibility index (Phi) is 5.91. The first-order valence-electron chi connectivity index (χ1n) is 8.57. The summed E-state index contributed by atoms with van der Waals surface area (Å²) in [6.45, 7) is 6.86. The van der Waals surface area contributed by atoms with E-state index >= 15 is 0 Å². The highest BCUT2D eigenvalue weighted by Crippen LogP contribution is 2.18. The van der Waals surface area contributed by atoms with Crippen LogP contribution in [0.1, 0.15) is 23.7 Å². The predicted molar refractivity (Wildman–Crippen MR) is 93.5 cm³/mol. The van der Waals surface area contributed by atoms with Gasteiger partial charge in [-0.05, 0) is 43.7 Å². The molecule has 1 aliphatic rings. The minimum absolute atomic E-state index is 0.217. The summed E-state index contributed by atoms with van der Waals surface area (Å²) < 4.78 is 11.0. The van der Waals surface area contributed by atoms with Gasteiger partial charge in [-0.3, -0.25) is 9.80 Å². The molecule has 0 saturated carbocycles. The molecule has 1 aliphatic heterocycles. The van der Waals surface area contributed by atoms with Crippen molar-refractivity contribution in [2.75, 3.05) is 32.8 Å². The SMILES string of the molecule is Cc1ccc(CN2CCN(C/C=C/c3ccco3)C[C@H]2CCO)o1. The average molecular weight is 330 g/mol. The van der Waals surface area contributed by atoms with E-state index in [2.05, 4.69) is 15.9 Å². The molecule has 2 aromatic heterocycles. The van der Waals surface area contributed by atoms with Crippen molar-refractivity contribution in [2.24, 2.45) is 0 Å². The summed E-state index contributed by atoms with van der Waals surface area (Å²) in [6.07, 6.45) is 6.63. The number of aliphatic hydroxyl groups is 1. The molecular weight excluding hydrogens is 304 g/mol. The van der Waals surface area contributed by atoms with Crippen molar-refractivity contribution >= 4 is 6.08 Å². The van der Waals surface area contributed by atoms with Crippen LogP contribution in [0.2, 0.25) is 0 Å². The third-order valence-corrected chi connectivity index (χ3v) is 4.49. The summed E-state index contributed by atoms with van der Waals surface area (Å²) in [5, 5.41) is 9.40. The molecule has 1 atom stereocenters. The molecule has 3 heterocycles. The van der Waals surface area contributed by atoms with Crippen molar-refractivity contribution in [1.29, 1.82) is 0 Å². The van der Waals surface area contributed by atoms with Crippen LogP contribution in [0.4, 0.5) is 0 Å². The van der Waals surface area contributed by atoms with Gasteiger partial charge in [0.2, 0.25) is 0 Å². The maximum atomic E-state index is 9.40. The van der Waals surface area contributed by atoms with E-state index in [9.17, 15) is 5.11 Å². The van der Waals surface area contributed by atoms with Gasteiger partial charge in [-0.25, -0.2) is 0 Å². The van der Waals surface area contributed by atoms with Gasteiger partial charge in [0, 0.05) is 38.8 Å². The van der Waals surface area contributed by atoms with Crippen LogP contribution < -0.4 is 0 Å². The molecule has 0 aromatic carbocycles. The van der Waals surface area contributed by atoms with Gasteiger partial charge >= 0.3 is 0 Å². The molecule has 0 spiro atoms. The first kappa shape index (κ1) is 17.0. The van der Waals surface area contributed by atoms with Gasteiger partial charge < -0.3 is 13.9 Å². The molecule has 130 valence electrons. The van der Waals surface area contributed by atoms with Crippen LogP contribution >= 0.6 is 0 Å². The molecule has 0 radical (unpaired) electrons. The van der Waals surface area contributed by atoms with Gasteiger partial charge in [0.25, 0.3) is 0 Å². The van der Waals surface area contributed by atoms with E-state index in [0.717, 1.165) is 56.4 Å². The lowest BCUT2D eigenvalue weighted by atomic mass is 10.1. The maximum Gasteiger partial charge on any atom is 0.126 e. The third-order valence-electron chi connectivity index (χ3n) is 4.49. The lowest BCUT2D eigenvalue weighted by molar-refractivity contribution is 0.0547. The van der Waals surface area contributed by atoms with Gasteiger partial charge in [-0.2, -0.15) is 0 Å². The highest BCUT2D eigenvalue weighted by atomic mass is 16.3. The van der Waals surface area contributed by atoms with Crippen molar-refractivity contribution < 1.29 is 13.9 Å². The highest BCUT2D eigenvalue weighted by Gasteiger charge is 2.26. The Labute approximate surface area is 143 Å². The van der Waals surface area contributed by atoms with Crippen LogP contribution in [0, 0.1) is 6.92 Å². The molecule has 0 aliphatic carbocycles. The van der Waals surface area contributed by atoms with Crippen LogP contribution in [0.15, 0.2) is 45.4 Å². The molecule has 0 unspecified atom stereocenters. The number of piperazine rings is 1. The van der Waals surface area contributed by atoms with Crippen LogP contribution in [-0.4, -0.2) is 53.7 Å². The Morgan fingerprint density at radius 3 is 2.92 bits per heavy atom. The fraction of sp³-hybridized carbons (Fsp3) is 0.474. The van der Waals surface area contributed by atoms with E-state index in [1.165, 1.54) is 0 Å². The Morgan fingerprint density at radius 2 is 2.21 bits per heavy atom. The first-order valence-corrected chi connectivity index (χ1v) is 8.57. The van der Waals surface area contributed by atoms with E-state index in [4.69, 9.17) is 8.83 Å². The summed E-state index contributed by atoms with van der Waals surface area (Å²) in [4.78, 5) is 4.84. The van der Waals surface area contributed by atoms with E-state index in [-0.39, 0.29) is 6.61 Å². The molecule has 1 saturated heterocycles. The molecule has 5 heteroatoms. The van der Waals surface area contributed by atoms with E-state index in [1.54, 1.807) is 6.26 Å². The maximum absolute atomic E-state index is 9.40. The predicted octanol–water partition coefficient (Wildman–Crippen LogP) is 2.76. The fourth-order valence-electron chi connectivity index (χ4n) is 3.23. The quantitative estimate of drug-likeness (QED) is 0.846. The first-order chi connectivity index (χ1) is 11.7. The van der Waals surface area contributed by atoms with Crippen molar-refractivity contribution in [3.8, 4) is 0 Å². The van der Waals surface area contributed by atoms with E-state index < -0.39 is 0 Å². The Bertz CT molecular complexity index is 633. The normalized spacial score (nSPS) is 20.2. The Hall–Kier alpha value is -1.82. The molecule has 3 rings (SSSR count). The number of nitrogens with zero attached hydrogens (tertiary/aromatic N) is 2. The van der Waals surface area contributed by atoms with E-state index in [0.29, 0.717) is 6.04 Å². The third kappa shape index (κ3) is 4.60. The number of hydrogen-bond donors (Lipinski definition) is 1. The van der Waals surface area contributed by atoms with Gasteiger partial charge in [0.1, 0.15) is 17.3 Å². The number of hydrogen-bond acceptors (Lipinski definition) is 5. The van der Waals surface area contributed by atoms with Gasteiger partial charge in [0.15, 0.2) is 0 Å². The van der Waals surface area contributed by atoms with Crippen LogP contribution in [-0.2, 0) is 6.54 Å². The zero-order valence-electron chi connectivity index (χ0n) is 14.2. The topological polar surface area (TPSA) is 53.0 Å². The lowest BCUT2D eigenvalue weighted by Gasteiger charge is -2.40. The summed E-state index contributed by atoms with van der Waals surface area (Å²) in [7, 11) is 0.